The van der Waals surface area contributed by atoms with Gasteiger partial charge in [-0.05, 0) is 59.5 Å². The Hall–Kier alpha value is -2.65. The normalized spacial score (nSPS) is 10.5. The van der Waals surface area contributed by atoms with Gasteiger partial charge in [0.15, 0.2) is 6.29 Å². The van der Waals surface area contributed by atoms with Gasteiger partial charge in [-0.2, -0.15) is 0 Å². The van der Waals surface area contributed by atoms with E-state index < -0.39 is 5.82 Å². The van der Waals surface area contributed by atoms with E-state index in [1.54, 1.807) is 6.07 Å². The summed E-state index contributed by atoms with van der Waals surface area (Å²) in [7, 11) is 0. The van der Waals surface area contributed by atoms with Crippen molar-refractivity contribution in [1.82, 2.24) is 0 Å². The van der Waals surface area contributed by atoms with Gasteiger partial charge in [0.2, 0.25) is 0 Å². The van der Waals surface area contributed by atoms with E-state index in [-0.39, 0.29) is 5.56 Å². The molecule has 0 aromatic heterocycles. The molecule has 0 unspecified atom stereocenters. The molecule has 0 atom stereocenters. The summed E-state index contributed by atoms with van der Waals surface area (Å²) in [5, 5.41) is 0.710. The highest BCUT2D eigenvalue weighted by atomic mass is 35.5. The molecule has 4 heteroatoms. The Bertz CT molecular complexity index is 922. The number of hydrogen-bond donors (Lipinski definition) is 0. The fourth-order valence-corrected chi connectivity index (χ4v) is 2.87. The second kappa shape index (κ2) is 7.49. The van der Waals surface area contributed by atoms with Crippen molar-refractivity contribution >= 4 is 17.9 Å². The van der Waals surface area contributed by atoms with Gasteiger partial charge in [0.05, 0.1) is 5.56 Å². The van der Waals surface area contributed by atoms with Gasteiger partial charge in [0.1, 0.15) is 18.2 Å². The molecule has 3 aromatic rings. The van der Waals surface area contributed by atoms with Gasteiger partial charge < -0.3 is 4.74 Å². The molecule has 3 aromatic carbocycles. The highest BCUT2D eigenvalue weighted by molar-refractivity contribution is 6.30. The van der Waals surface area contributed by atoms with E-state index in [4.69, 9.17) is 16.3 Å². The number of carbonyl (C=O) groups excluding carboxylic acids is 1. The summed E-state index contributed by atoms with van der Waals surface area (Å²) in [6.45, 7) is 2.32. The smallest absolute Gasteiger partial charge is 0.152 e. The number of rotatable bonds is 5. The first-order chi connectivity index (χ1) is 12.1. The largest absolute Gasteiger partial charge is 0.489 e. The molecule has 3 rings (SSSR count). The molecule has 0 aliphatic carbocycles. The molecule has 0 saturated heterocycles. The SMILES string of the molecule is Cc1cc(Cl)ccc1-c1cccc(COc2ccc(C=O)c(F)c2)c1. The van der Waals surface area contributed by atoms with Crippen LogP contribution in [0.15, 0.2) is 60.7 Å². The fourth-order valence-electron chi connectivity index (χ4n) is 2.64. The molecule has 0 fully saturated rings. The Morgan fingerprint density at radius 3 is 2.64 bits per heavy atom. The molecule has 0 radical (unpaired) electrons. The number of ether oxygens (including phenoxy) is 1. The average Bonchev–Trinajstić information content (AvgIpc) is 2.60. The summed E-state index contributed by atoms with van der Waals surface area (Å²) in [5.74, 6) is -0.200. The van der Waals surface area contributed by atoms with Crippen LogP contribution in [0.3, 0.4) is 0 Å². The van der Waals surface area contributed by atoms with E-state index in [9.17, 15) is 9.18 Å². The van der Waals surface area contributed by atoms with Crippen molar-refractivity contribution in [3.63, 3.8) is 0 Å². The minimum absolute atomic E-state index is 0.0209. The van der Waals surface area contributed by atoms with E-state index in [2.05, 4.69) is 0 Å². The zero-order valence-corrected chi connectivity index (χ0v) is 14.4. The summed E-state index contributed by atoms with van der Waals surface area (Å²) in [6, 6.07) is 18.0. The summed E-state index contributed by atoms with van der Waals surface area (Å²) >= 11 is 6.02. The van der Waals surface area contributed by atoms with E-state index in [1.807, 2.05) is 49.4 Å². The zero-order chi connectivity index (χ0) is 17.8. The fraction of sp³-hybridized carbons (Fsp3) is 0.0952. The van der Waals surface area contributed by atoms with Gasteiger partial charge in [0, 0.05) is 11.1 Å². The highest BCUT2D eigenvalue weighted by Crippen LogP contribution is 2.27. The monoisotopic (exact) mass is 354 g/mol. The van der Waals surface area contributed by atoms with Gasteiger partial charge in [-0.15, -0.1) is 0 Å². The van der Waals surface area contributed by atoms with Crippen LogP contribution in [0.25, 0.3) is 11.1 Å². The first-order valence-corrected chi connectivity index (χ1v) is 8.17. The third kappa shape index (κ3) is 4.06. The third-order valence-electron chi connectivity index (χ3n) is 3.93. The number of halogens is 2. The predicted octanol–water partition coefficient (Wildman–Crippen LogP) is 5.85. The highest BCUT2D eigenvalue weighted by Gasteiger charge is 2.06. The number of hydrogen-bond acceptors (Lipinski definition) is 2. The minimum atomic E-state index is -0.585. The molecular weight excluding hydrogens is 339 g/mol. The van der Waals surface area contributed by atoms with Crippen molar-refractivity contribution in [2.75, 3.05) is 0 Å². The lowest BCUT2D eigenvalue weighted by molar-refractivity contribution is 0.111. The Balaban J connectivity index is 1.78. The molecule has 0 amide bonds. The Labute approximate surface area is 150 Å². The molecular formula is C21H16ClFO2. The van der Waals surface area contributed by atoms with E-state index >= 15 is 0 Å². The van der Waals surface area contributed by atoms with Crippen LogP contribution >= 0.6 is 11.6 Å². The Morgan fingerprint density at radius 2 is 1.92 bits per heavy atom. The van der Waals surface area contributed by atoms with Crippen molar-refractivity contribution in [3.8, 4) is 16.9 Å². The maximum absolute atomic E-state index is 13.6. The first kappa shape index (κ1) is 17.2. The summed E-state index contributed by atoms with van der Waals surface area (Å²) in [5.41, 5.74) is 4.25. The number of carbonyl (C=O) groups is 1. The molecule has 0 saturated carbocycles. The summed E-state index contributed by atoms with van der Waals surface area (Å²) in [6.07, 6.45) is 0.483. The van der Waals surface area contributed by atoms with Crippen LogP contribution in [0, 0.1) is 12.7 Å². The van der Waals surface area contributed by atoms with Gasteiger partial charge >= 0.3 is 0 Å². The number of aryl methyl sites for hydroxylation is 1. The van der Waals surface area contributed by atoms with Crippen LogP contribution in [0.2, 0.25) is 5.02 Å². The van der Waals surface area contributed by atoms with Crippen LogP contribution in [0.4, 0.5) is 4.39 Å². The molecule has 0 N–H and O–H groups in total. The maximum atomic E-state index is 13.6. The molecule has 0 heterocycles. The van der Waals surface area contributed by atoms with Crippen molar-refractivity contribution < 1.29 is 13.9 Å². The Morgan fingerprint density at radius 1 is 1.08 bits per heavy atom. The van der Waals surface area contributed by atoms with Crippen LogP contribution in [-0.2, 0) is 6.61 Å². The quantitative estimate of drug-likeness (QED) is 0.537. The van der Waals surface area contributed by atoms with Gasteiger partial charge in [-0.25, -0.2) is 4.39 Å². The van der Waals surface area contributed by atoms with Crippen LogP contribution < -0.4 is 4.74 Å². The topological polar surface area (TPSA) is 26.3 Å². The minimum Gasteiger partial charge on any atom is -0.489 e. The van der Waals surface area contributed by atoms with Gasteiger partial charge in [0.25, 0.3) is 0 Å². The average molecular weight is 355 g/mol. The number of benzene rings is 3. The lowest BCUT2D eigenvalue weighted by Gasteiger charge is -2.10. The molecule has 0 aliphatic rings. The van der Waals surface area contributed by atoms with Crippen molar-refractivity contribution in [2.24, 2.45) is 0 Å². The molecule has 0 spiro atoms. The molecule has 0 bridgehead atoms. The van der Waals surface area contributed by atoms with E-state index in [0.717, 1.165) is 22.3 Å². The molecule has 2 nitrogen and oxygen atoms in total. The third-order valence-corrected chi connectivity index (χ3v) is 4.17. The van der Waals surface area contributed by atoms with E-state index in [1.165, 1.54) is 12.1 Å². The lowest BCUT2D eigenvalue weighted by Crippen LogP contribution is -1.97. The Kier molecular flexibility index (Phi) is 5.15. The summed E-state index contributed by atoms with van der Waals surface area (Å²) in [4.78, 5) is 10.6. The zero-order valence-electron chi connectivity index (χ0n) is 13.6. The van der Waals surface area contributed by atoms with E-state index in [0.29, 0.717) is 23.7 Å². The first-order valence-electron chi connectivity index (χ1n) is 7.80. The van der Waals surface area contributed by atoms with Crippen LogP contribution in [0.5, 0.6) is 5.75 Å². The van der Waals surface area contributed by atoms with Crippen molar-refractivity contribution in [2.45, 2.75) is 13.5 Å². The molecule has 0 aliphatic heterocycles. The molecule has 126 valence electrons. The standard InChI is InChI=1S/C21H16ClFO2/c1-14-9-18(22)6-8-20(14)16-4-2-3-15(10-16)13-25-19-7-5-17(12-24)21(23)11-19/h2-12H,13H2,1H3. The second-order valence-electron chi connectivity index (χ2n) is 5.75. The lowest BCUT2D eigenvalue weighted by atomic mass is 9.99. The number of aldehydes is 1. The van der Waals surface area contributed by atoms with Crippen LogP contribution in [0.1, 0.15) is 21.5 Å². The summed E-state index contributed by atoms with van der Waals surface area (Å²) < 4.78 is 19.3. The second-order valence-corrected chi connectivity index (χ2v) is 6.19. The molecule has 25 heavy (non-hydrogen) atoms. The van der Waals surface area contributed by atoms with Crippen LogP contribution in [-0.4, -0.2) is 6.29 Å². The maximum Gasteiger partial charge on any atom is 0.152 e. The van der Waals surface area contributed by atoms with Crippen molar-refractivity contribution in [3.05, 3.63) is 88.2 Å². The predicted molar refractivity (Wildman–Crippen MR) is 97.7 cm³/mol. The van der Waals surface area contributed by atoms with Gasteiger partial charge in [-0.3, -0.25) is 4.79 Å². The van der Waals surface area contributed by atoms with Crippen molar-refractivity contribution in [1.29, 1.82) is 0 Å². The van der Waals surface area contributed by atoms with Gasteiger partial charge in [-0.1, -0.05) is 35.9 Å².